The minimum atomic E-state index is -4.61. The second-order valence-corrected chi connectivity index (χ2v) is 5.54. The lowest BCUT2D eigenvalue weighted by atomic mass is 10.1. The molecule has 3 rings (SSSR count). The number of pyridine rings is 1. The lowest BCUT2D eigenvalue weighted by Crippen LogP contribution is -2.18. The van der Waals surface area contributed by atoms with E-state index in [2.05, 4.69) is 22.1 Å². The molecule has 1 aromatic heterocycles. The van der Waals surface area contributed by atoms with E-state index >= 15 is 0 Å². The van der Waals surface area contributed by atoms with Gasteiger partial charge in [-0.15, -0.1) is 0 Å². The topological polar surface area (TPSA) is 42.0 Å². The van der Waals surface area contributed by atoms with E-state index in [0.717, 1.165) is 12.1 Å². The number of benzene rings is 2. The van der Waals surface area contributed by atoms with Crippen LogP contribution in [0, 0.1) is 11.8 Å². The minimum absolute atomic E-state index is 0.352. The van der Waals surface area contributed by atoms with Gasteiger partial charge in [0.25, 0.3) is 5.91 Å². The maximum atomic E-state index is 13.1. The molecular weight excluding hydrogens is 353 g/mol. The molecule has 0 spiro atoms. The second-order valence-electron chi connectivity index (χ2n) is 5.54. The molecule has 0 radical (unpaired) electrons. The highest BCUT2D eigenvalue weighted by Crippen LogP contribution is 2.32. The Balaban J connectivity index is 1.82. The van der Waals surface area contributed by atoms with Gasteiger partial charge in [-0.2, -0.15) is 13.2 Å². The van der Waals surface area contributed by atoms with E-state index in [1.54, 1.807) is 42.6 Å². The minimum Gasteiger partial charge on any atom is -0.322 e. The van der Waals surface area contributed by atoms with Crippen LogP contribution in [0.3, 0.4) is 0 Å². The summed E-state index contributed by atoms with van der Waals surface area (Å²) in [7, 11) is 0. The molecule has 0 fully saturated rings. The number of alkyl halides is 3. The van der Waals surface area contributed by atoms with Crippen molar-refractivity contribution in [2.24, 2.45) is 0 Å². The number of hydrogen-bond acceptors (Lipinski definition) is 2. The summed E-state index contributed by atoms with van der Waals surface area (Å²) >= 11 is 0. The Morgan fingerprint density at radius 2 is 1.70 bits per heavy atom. The first-order chi connectivity index (χ1) is 12.9. The SMILES string of the molecule is O=C(Nc1cccc(C#Cc2ccccn2)c1)c1ccccc1C(F)(F)F. The van der Waals surface area contributed by atoms with Crippen molar-refractivity contribution in [3.63, 3.8) is 0 Å². The molecule has 0 unspecified atom stereocenters. The molecule has 134 valence electrons. The fourth-order valence-electron chi connectivity index (χ4n) is 2.37. The van der Waals surface area contributed by atoms with E-state index in [9.17, 15) is 18.0 Å². The number of nitrogens with zero attached hydrogens (tertiary/aromatic N) is 1. The van der Waals surface area contributed by atoms with E-state index in [1.807, 2.05) is 6.07 Å². The van der Waals surface area contributed by atoms with Crippen LogP contribution in [0.1, 0.15) is 27.2 Å². The third-order valence-electron chi connectivity index (χ3n) is 3.60. The van der Waals surface area contributed by atoms with Crippen molar-refractivity contribution in [2.45, 2.75) is 6.18 Å². The third kappa shape index (κ3) is 4.73. The molecule has 0 saturated carbocycles. The predicted octanol–water partition coefficient (Wildman–Crippen LogP) is 4.75. The van der Waals surface area contributed by atoms with E-state index < -0.39 is 23.2 Å². The Bertz CT molecular complexity index is 1020. The van der Waals surface area contributed by atoms with Gasteiger partial charge in [-0.1, -0.05) is 30.2 Å². The van der Waals surface area contributed by atoms with Crippen molar-refractivity contribution < 1.29 is 18.0 Å². The Morgan fingerprint density at radius 1 is 0.926 bits per heavy atom. The summed E-state index contributed by atoms with van der Waals surface area (Å²) in [6.45, 7) is 0. The van der Waals surface area contributed by atoms with Gasteiger partial charge < -0.3 is 5.32 Å². The number of carbonyl (C=O) groups is 1. The smallest absolute Gasteiger partial charge is 0.322 e. The number of hydrogen-bond donors (Lipinski definition) is 1. The molecule has 0 aliphatic rings. The number of nitrogens with one attached hydrogen (secondary N) is 1. The Kier molecular flexibility index (Phi) is 5.23. The molecule has 0 atom stereocenters. The zero-order chi connectivity index (χ0) is 19.3. The summed E-state index contributed by atoms with van der Waals surface area (Å²) < 4.78 is 39.2. The van der Waals surface area contributed by atoms with Crippen molar-refractivity contribution >= 4 is 11.6 Å². The Labute approximate surface area is 153 Å². The molecule has 3 nitrogen and oxygen atoms in total. The normalized spacial score (nSPS) is 10.6. The molecule has 0 bridgehead atoms. The van der Waals surface area contributed by atoms with Gasteiger partial charge in [-0.3, -0.25) is 4.79 Å². The van der Waals surface area contributed by atoms with Crippen LogP contribution in [-0.4, -0.2) is 10.9 Å². The number of halogens is 3. The van der Waals surface area contributed by atoms with Gasteiger partial charge in [-0.25, -0.2) is 4.98 Å². The van der Waals surface area contributed by atoms with E-state index in [0.29, 0.717) is 16.9 Å². The van der Waals surface area contributed by atoms with Crippen LogP contribution in [0.25, 0.3) is 0 Å². The first-order valence-electron chi connectivity index (χ1n) is 7.94. The Morgan fingerprint density at radius 3 is 2.44 bits per heavy atom. The summed E-state index contributed by atoms with van der Waals surface area (Å²) in [5, 5.41) is 2.49. The highest BCUT2D eigenvalue weighted by Gasteiger charge is 2.34. The van der Waals surface area contributed by atoms with Crippen molar-refractivity contribution in [1.82, 2.24) is 4.98 Å². The first kappa shape index (κ1) is 18.2. The van der Waals surface area contributed by atoms with Gasteiger partial charge in [0.15, 0.2) is 0 Å². The van der Waals surface area contributed by atoms with Gasteiger partial charge in [0.1, 0.15) is 5.69 Å². The summed E-state index contributed by atoms with van der Waals surface area (Å²) in [6.07, 6.45) is -2.98. The lowest BCUT2D eigenvalue weighted by Gasteiger charge is -2.12. The predicted molar refractivity (Wildman–Crippen MR) is 96.1 cm³/mol. The average Bonchev–Trinajstić information content (AvgIpc) is 2.67. The van der Waals surface area contributed by atoms with Gasteiger partial charge in [-0.05, 0) is 48.4 Å². The molecule has 27 heavy (non-hydrogen) atoms. The van der Waals surface area contributed by atoms with Crippen LogP contribution in [0.5, 0.6) is 0 Å². The third-order valence-corrected chi connectivity index (χ3v) is 3.60. The zero-order valence-corrected chi connectivity index (χ0v) is 13.9. The molecule has 3 aromatic rings. The molecule has 1 heterocycles. The maximum absolute atomic E-state index is 13.1. The van der Waals surface area contributed by atoms with Crippen molar-refractivity contribution in [3.8, 4) is 11.8 Å². The molecule has 1 amide bonds. The van der Waals surface area contributed by atoms with Crippen LogP contribution >= 0.6 is 0 Å². The molecule has 0 aliphatic heterocycles. The second kappa shape index (κ2) is 7.75. The zero-order valence-electron chi connectivity index (χ0n) is 13.9. The number of amides is 1. The average molecular weight is 366 g/mol. The fraction of sp³-hybridized carbons (Fsp3) is 0.0476. The number of anilines is 1. The lowest BCUT2D eigenvalue weighted by molar-refractivity contribution is -0.137. The standard InChI is InChI=1S/C21H13F3N2O/c22-21(23,24)19-10-2-1-9-18(19)20(27)26-17-8-5-6-15(14-17)11-12-16-7-3-4-13-25-16/h1-10,13-14H,(H,26,27). The van der Waals surface area contributed by atoms with E-state index in [1.165, 1.54) is 12.1 Å². The number of aromatic nitrogens is 1. The monoisotopic (exact) mass is 366 g/mol. The summed E-state index contributed by atoms with van der Waals surface area (Å²) in [6, 6.07) is 16.6. The van der Waals surface area contributed by atoms with Crippen molar-refractivity contribution in [1.29, 1.82) is 0 Å². The van der Waals surface area contributed by atoms with Crippen LogP contribution in [0.15, 0.2) is 72.9 Å². The Hall–Kier alpha value is -3.59. The van der Waals surface area contributed by atoms with Crippen LogP contribution < -0.4 is 5.32 Å². The summed E-state index contributed by atoms with van der Waals surface area (Å²) in [5.41, 5.74) is 0.127. The van der Waals surface area contributed by atoms with Gasteiger partial charge in [0.05, 0.1) is 11.1 Å². The molecule has 0 aliphatic carbocycles. The highest BCUT2D eigenvalue weighted by molar-refractivity contribution is 6.05. The highest BCUT2D eigenvalue weighted by atomic mass is 19.4. The molecule has 2 aromatic carbocycles. The molecular formula is C21H13F3N2O. The maximum Gasteiger partial charge on any atom is 0.417 e. The quantitative estimate of drug-likeness (QED) is 0.665. The van der Waals surface area contributed by atoms with Gasteiger partial charge >= 0.3 is 6.18 Å². The van der Waals surface area contributed by atoms with Crippen molar-refractivity contribution in [3.05, 3.63) is 95.3 Å². The van der Waals surface area contributed by atoms with Crippen LogP contribution in [-0.2, 0) is 6.18 Å². The van der Waals surface area contributed by atoms with E-state index in [4.69, 9.17) is 0 Å². The first-order valence-corrected chi connectivity index (χ1v) is 7.94. The fourth-order valence-corrected chi connectivity index (χ4v) is 2.37. The number of carbonyl (C=O) groups excluding carboxylic acids is 1. The molecule has 6 heteroatoms. The number of rotatable bonds is 2. The van der Waals surface area contributed by atoms with Crippen molar-refractivity contribution in [2.75, 3.05) is 5.32 Å². The largest absolute Gasteiger partial charge is 0.417 e. The van der Waals surface area contributed by atoms with Gasteiger partial charge in [0.2, 0.25) is 0 Å². The van der Waals surface area contributed by atoms with Crippen LogP contribution in [0.4, 0.5) is 18.9 Å². The molecule has 1 N–H and O–H groups in total. The molecule has 0 saturated heterocycles. The summed E-state index contributed by atoms with van der Waals surface area (Å²) in [4.78, 5) is 16.4. The van der Waals surface area contributed by atoms with Gasteiger partial charge in [0, 0.05) is 17.4 Å². The van der Waals surface area contributed by atoms with E-state index in [-0.39, 0.29) is 0 Å². The van der Waals surface area contributed by atoms with Crippen LogP contribution in [0.2, 0.25) is 0 Å². The summed E-state index contributed by atoms with van der Waals surface area (Å²) in [5.74, 6) is 4.95.